The summed E-state index contributed by atoms with van der Waals surface area (Å²) < 4.78 is 17.5. The lowest BCUT2D eigenvalue weighted by Gasteiger charge is -2.15. The van der Waals surface area contributed by atoms with E-state index in [4.69, 9.17) is 4.52 Å². The van der Waals surface area contributed by atoms with Crippen LogP contribution in [0.25, 0.3) is 0 Å². The molecule has 1 atom stereocenters. The number of nitro benzene ring substituents is 1. The highest BCUT2D eigenvalue weighted by Crippen LogP contribution is 2.50. The van der Waals surface area contributed by atoms with E-state index in [0.29, 0.717) is 18.3 Å². The third-order valence-corrected chi connectivity index (χ3v) is 6.71. The van der Waals surface area contributed by atoms with Gasteiger partial charge in [-0.15, -0.1) is 11.8 Å². The summed E-state index contributed by atoms with van der Waals surface area (Å²) in [6.45, 7) is 4.09. The predicted octanol–water partition coefficient (Wildman–Crippen LogP) is 3.98. The van der Waals surface area contributed by atoms with Crippen LogP contribution in [0.2, 0.25) is 0 Å². The Morgan fingerprint density at radius 1 is 1.33 bits per heavy atom. The van der Waals surface area contributed by atoms with E-state index in [-0.39, 0.29) is 5.69 Å². The van der Waals surface area contributed by atoms with Crippen molar-refractivity contribution >= 4 is 24.8 Å². The van der Waals surface area contributed by atoms with Crippen LogP contribution in [0, 0.1) is 10.1 Å². The molecule has 7 heteroatoms. The minimum absolute atomic E-state index is 0.0582. The predicted molar refractivity (Wildman–Crippen MR) is 73.6 cm³/mol. The molecule has 1 rings (SSSR count). The van der Waals surface area contributed by atoms with E-state index >= 15 is 0 Å². The standard InChI is InChI=1S/C11H16NO4PS/c1-3-16-17(15,4-2)9-18-11-7-5-10(6-8-11)12(13)14/h5-8H,3-4,9H2,1-2H3. The maximum absolute atomic E-state index is 12.2. The Morgan fingerprint density at radius 2 is 1.94 bits per heavy atom. The van der Waals surface area contributed by atoms with Crippen LogP contribution in [0.3, 0.4) is 0 Å². The molecule has 100 valence electrons. The van der Waals surface area contributed by atoms with Gasteiger partial charge in [-0.05, 0) is 19.1 Å². The first-order valence-electron chi connectivity index (χ1n) is 5.60. The van der Waals surface area contributed by atoms with Crippen LogP contribution in [0.4, 0.5) is 5.69 Å². The maximum atomic E-state index is 12.2. The van der Waals surface area contributed by atoms with Crippen molar-refractivity contribution in [1.82, 2.24) is 0 Å². The highest BCUT2D eigenvalue weighted by atomic mass is 32.2. The molecule has 1 unspecified atom stereocenters. The molecule has 0 spiro atoms. The molecule has 1 aromatic carbocycles. The van der Waals surface area contributed by atoms with Gasteiger partial charge in [0.05, 0.1) is 17.0 Å². The lowest BCUT2D eigenvalue weighted by atomic mass is 10.3. The topological polar surface area (TPSA) is 69.4 Å². The van der Waals surface area contributed by atoms with E-state index in [1.165, 1.54) is 23.9 Å². The Hall–Kier alpha value is -0.840. The first-order chi connectivity index (χ1) is 8.50. The van der Waals surface area contributed by atoms with Crippen molar-refractivity contribution in [3.8, 4) is 0 Å². The number of rotatable bonds is 7. The van der Waals surface area contributed by atoms with Crippen LogP contribution in [0.5, 0.6) is 0 Å². The van der Waals surface area contributed by atoms with Gasteiger partial charge in [-0.1, -0.05) is 6.92 Å². The average Bonchev–Trinajstić information content (AvgIpc) is 2.37. The maximum Gasteiger partial charge on any atom is 0.269 e. The average molecular weight is 289 g/mol. The Labute approximate surface area is 111 Å². The Bertz CT molecular complexity index is 449. The molecule has 0 saturated carbocycles. The fourth-order valence-corrected chi connectivity index (χ4v) is 4.69. The van der Waals surface area contributed by atoms with Gasteiger partial charge in [-0.3, -0.25) is 14.7 Å². The lowest BCUT2D eigenvalue weighted by molar-refractivity contribution is -0.384. The van der Waals surface area contributed by atoms with E-state index in [2.05, 4.69) is 0 Å². The van der Waals surface area contributed by atoms with Gasteiger partial charge in [0.1, 0.15) is 0 Å². The highest BCUT2D eigenvalue weighted by Gasteiger charge is 2.20. The Morgan fingerprint density at radius 3 is 2.39 bits per heavy atom. The van der Waals surface area contributed by atoms with Crippen molar-refractivity contribution in [3.05, 3.63) is 34.4 Å². The van der Waals surface area contributed by atoms with Gasteiger partial charge >= 0.3 is 0 Å². The summed E-state index contributed by atoms with van der Waals surface area (Å²) in [4.78, 5) is 10.9. The quantitative estimate of drug-likeness (QED) is 0.328. The summed E-state index contributed by atoms with van der Waals surface area (Å²) >= 11 is 1.40. The summed E-state index contributed by atoms with van der Waals surface area (Å²) in [6, 6.07) is 6.21. The molecule has 0 fully saturated rings. The van der Waals surface area contributed by atoms with E-state index in [9.17, 15) is 14.7 Å². The van der Waals surface area contributed by atoms with Crippen LogP contribution in [-0.2, 0) is 9.09 Å². The van der Waals surface area contributed by atoms with Crippen LogP contribution in [0.1, 0.15) is 13.8 Å². The van der Waals surface area contributed by atoms with Crippen molar-refractivity contribution < 1.29 is 14.0 Å². The number of benzene rings is 1. The number of non-ortho nitro benzene ring substituents is 1. The lowest BCUT2D eigenvalue weighted by Crippen LogP contribution is -1.95. The smallest absolute Gasteiger partial charge is 0.269 e. The van der Waals surface area contributed by atoms with Crippen molar-refractivity contribution in [2.75, 3.05) is 18.3 Å². The zero-order chi connectivity index (χ0) is 13.6. The van der Waals surface area contributed by atoms with Crippen molar-refractivity contribution in [2.45, 2.75) is 18.7 Å². The first kappa shape index (κ1) is 15.2. The van der Waals surface area contributed by atoms with Crippen molar-refractivity contribution in [3.63, 3.8) is 0 Å². The van der Waals surface area contributed by atoms with E-state index in [1.807, 2.05) is 13.8 Å². The van der Waals surface area contributed by atoms with Crippen LogP contribution in [0.15, 0.2) is 29.2 Å². The van der Waals surface area contributed by atoms with Gasteiger partial charge in [-0.2, -0.15) is 0 Å². The van der Waals surface area contributed by atoms with Crippen molar-refractivity contribution in [1.29, 1.82) is 0 Å². The molecule has 18 heavy (non-hydrogen) atoms. The van der Waals surface area contributed by atoms with E-state index < -0.39 is 12.3 Å². The van der Waals surface area contributed by atoms with E-state index in [1.54, 1.807) is 12.1 Å². The Balaban J connectivity index is 2.63. The van der Waals surface area contributed by atoms with Crippen LogP contribution >= 0.6 is 19.1 Å². The second-order valence-corrected chi connectivity index (χ2v) is 7.89. The minimum atomic E-state index is -2.57. The number of thioether (sulfide) groups is 1. The normalized spacial score (nSPS) is 14.1. The molecule has 5 nitrogen and oxygen atoms in total. The summed E-state index contributed by atoms with van der Waals surface area (Å²) in [5.74, 6) is 0. The molecule has 0 saturated heterocycles. The van der Waals surface area contributed by atoms with Gasteiger partial charge in [0.15, 0.2) is 0 Å². The third kappa shape index (κ3) is 4.44. The van der Waals surface area contributed by atoms with Crippen LogP contribution in [-0.4, -0.2) is 23.2 Å². The largest absolute Gasteiger partial charge is 0.328 e. The molecule has 0 aliphatic rings. The van der Waals surface area contributed by atoms with Gasteiger partial charge in [-0.25, -0.2) is 0 Å². The molecule has 0 aliphatic carbocycles. The molecular weight excluding hydrogens is 273 g/mol. The summed E-state index contributed by atoms with van der Waals surface area (Å²) in [5, 5.41) is 10.5. The monoisotopic (exact) mass is 289 g/mol. The second kappa shape index (κ2) is 6.92. The minimum Gasteiger partial charge on any atom is -0.328 e. The summed E-state index contributed by atoms with van der Waals surface area (Å²) in [7, 11) is -2.57. The molecule has 0 radical (unpaired) electrons. The molecule has 0 bridgehead atoms. The molecule has 0 N–H and O–H groups in total. The molecule has 0 heterocycles. The molecule has 0 amide bonds. The highest BCUT2D eigenvalue weighted by molar-refractivity contribution is 8.05. The summed E-state index contributed by atoms with van der Waals surface area (Å²) in [6.07, 6.45) is 0.501. The zero-order valence-electron chi connectivity index (χ0n) is 10.4. The molecular formula is C11H16NO4PS. The number of nitrogens with zero attached hydrogens (tertiary/aromatic N) is 1. The SMILES string of the molecule is CCOP(=O)(CC)CSc1ccc([N+](=O)[O-])cc1. The third-order valence-electron chi connectivity index (χ3n) is 2.32. The molecule has 1 aromatic rings. The molecule has 0 aromatic heterocycles. The van der Waals surface area contributed by atoms with Crippen molar-refractivity contribution in [2.24, 2.45) is 0 Å². The van der Waals surface area contributed by atoms with E-state index in [0.717, 1.165) is 4.90 Å². The van der Waals surface area contributed by atoms with Gasteiger partial charge in [0, 0.05) is 23.2 Å². The summed E-state index contributed by atoms with van der Waals surface area (Å²) in [5.41, 5.74) is 0.456. The molecule has 0 aliphatic heterocycles. The second-order valence-electron chi connectivity index (χ2n) is 3.57. The van der Waals surface area contributed by atoms with Crippen LogP contribution < -0.4 is 0 Å². The number of hydrogen-bond donors (Lipinski definition) is 0. The van der Waals surface area contributed by atoms with Gasteiger partial charge in [0.25, 0.3) is 5.69 Å². The number of nitro groups is 1. The zero-order valence-corrected chi connectivity index (χ0v) is 12.1. The fourth-order valence-electron chi connectivity index (χ4n) is 1.29. The fraction of sp³-hybridized carbons (Fsp3) is 0.455. The van der Waals surface area contributed by atoms with Gasteiger partial charge < -0.3 is 4.52 Å². The number of hydrogen-bond acceptors (Lipinski definition) is 5. The van der Waals surface area contributed by atoms with Gasteiger partial charge in [0.2, 0.25) is 7.37 Å². The Kier molecular flexibility index (Phi) is 5.85. The first-order valence-corrected chi connectivity index (χ1v) is 8.58.